The van der Waals surface area contributed by atoms with E-state index in [9.17, 15) is 20.4 Å². The average Bonchev–Trinajstić information content (AvgIpc) is 3.27. The number of benzene rings is 2. The van der Waals surface area contributed by atoms with Crippen molar-refractivity contribution in [3.05, 3.63) is 64.2 Å². The highest BCUT2D eigenvalue weighted by molar-refractivity contribution is 6.31. The Bertz CT molecular complexity index is 919. The van der Waals surface area contributed by atoms with Crippen LogP contribution in [0.15, 0.2) is 42.5 Å². The molecule has 0 radical (unpaired) electrons. The zero-order valence-electron chi connectivity index (χ0n) is 18.5. The third-order valence-corrected chi connectivity index (χ3v) is 6.96. The van der Waals surface area contributed by atoms with Crippen molar-refractivity contribution in [2.75, 3.05) is 13.7 Å². The van der Waals surface area contributed by atoms with Gasteiger partial charge >= 0.3 is 0 Å². The number of rotatable bonds is 7. The average molecular weight is 479 g/mol. The number of ether oxygens (including phenoxy) is 3. The zero-order chi connectivity index (χ0) is 23.5. The van der Waals surface area contributed by atoms with Crippen LogP contribution >= 0.6 is 11.6 Å². The van der Waals surface area contributed by atoms with Gasteiger partial charge < -0.3 is 34.6 Å². The molecule has 1 saturated heterocycles. The highest BCUT2D eigenvalue weighted by atomic mass is 35.5. The molecule has 0 amide bonds. The Morgan fingerprint density at radius 1 is 0.970 bits per heavy atom. The Hall–Kier alpha value is -1.71. The third kappa shape index (κ3) is 5.35. The van der Waals surface area contributed by atoms with E-state index in [1.54, 1.807) is 19.2 Å². The number of hydrogen-bond donors (Lipinski definition) is 4. The molecule has 4 N–H and O–H groups in total. The number of methoxy groups -OCH3 is 1. The Morgan fingerprint density at radius 2 is 1.70 bits per heavy atom. The minimum atomic E-state index is -1.43. The maximum Gasteiger partial charge on any atom is 0.125 e. The van der Waals surface area contributed by atoms with Crippen LogP contribution in [0, 0.1) is 0 Å². The Labute approximate surface area is 198 Å². The number of aliphatic hydroxyl groups excluding tert-OH is 4. The lowest BCUT2D eigenvalue weighted by Crippen LogP contribution is -2.55. The smallest absolute Gasteiger partial charge is 0.125 e. The molecule has 0 spiro atoms. The summed E-state index contributed by atoms with van der Waals surface area (Å²) in [7, 11) is 1.72. The molecule has 180 valence electrons. The van der Waals surface area contributed by atoms with E-state index in [1.165, 1.54) is 0 Å². The van der Waals surface area contributed by atoms with E-state index in [1.807, 2.05) is 30.3 Å². The fourth-order valence-electron chi connectivity index (χ4n) is 4.66. The van der Waals surface area contributed by atoms with Crippen LogP contribution in [-0.4, -0.2) is 70.8 Å². The van der Waals surface area contributed by atoms with Gasteiger partial charge in [0.05, 0.1) is 12.7 Å². The zero-order valence-corrected chi connectivity index (χ0v) is 19.3. The second-order valence-electron chi connectivity index (χ2n) is 8.78. The summed E-state index contributed by atoms with van der Waals surface area (Å²) in [6, 6.07) is 13.1. The second kappa shape index (κ2) is 10.7. The molecule has 2 aromatic rings. The van der Waals surface area contributed by atoms with Crippen LogP contribution in [0.25, 0.3) is 0 Å². The van der Waals surface area contributed by atoms with Crippen LogP contribution < -0.4 is 4.74 Å². The van der Waals surface area contributed by atoms with Crippen molar-refractivity contribution in [2.24, 2.45) is 0 Å². The number of hydrogen-bond acceptors (Lipinski definition) is 7. The second-order valence-corrected chi connectivity index (χ2v) is 9.19. The predicted octanol–water partition coefficient (Wildman–Crippen LogP) is 2.39. The quantitative estimate of drug-likeness (QED) is 0.484. The standard InChI is InChI=1S/C25H31ClO7/c1-31-19-3-2-4-20(19)32-17-8-5-14(6-9-17)11-16-12-15(7-10-18(16)26)25-24(30)23(29)22(28)21(13-27)33-25/h5-10,12,19-25,27-30H,2-4,11,13H2,1H3/t19-,20?,21+,22+,23-,24+,25-/m0/s1. The maximum absolute atomic E-state index is 10.4. The van der Waals surface area contributed by atoms with Crippen molar-refractivity contribution in [2.45, 2.75) is 68.4 Å². The van der Waals surface area contributed by atoms with Crippen LogP contribution in [0.1, 0.15) is 42.1 Å². The van der Waals surface area contributed by atoms with Crippen LogP contribution in [-0.2, 0) is 15.9 Å². The number of aliphatic hydroxyl groups is 4. The first kappa shape index (κ1) is 24.4. The molecular weight excluding hydrogens is 448 g/mol. The first-order valence-corrected chi connectivity index (χ1v) is 11.7. The lowest BCUT2D eigenvalue weighted by molar-refractivity contribution is -0.231. The molecule has 7 atom stereocenters. The van der Waals surface area contributed by atoms with Gasteiger partial charge in [-0.3, -0.25) is 0 Å². The predicted molar refractivity (Wildman–Crippen MR) is 122 cm³/mol. The van der Waals surface area contributed by atoms with E-state index in [0.29, 0.717) is 17.0 Å². The summed E-state index contributed by atoms with van der Waals surface area (Å²) in [5.41, 5.74) is 2.47. The third-order valence-electron chi connectivity index (χ3n) is 6.59. The Balaban J connectivity index is 1.47. The first-order chi connectivity index (χ1) is 15.9. The molecule has 7 nitrogen and oxygen atoms in total. The van der Waals surface area contributed by atoms with E-state index in [0.717, 1.165) is 36.1 Å². The van der Waals surface area contributed by atoms with Crippen molar-refractivity contribution in [3.63, 3.8) is 0 Å². The van der Waals surface area contributed by atoms with Crippen LogP contribution in [0.3, 0.4) is 0 Å². The minimum absolute atomic E-state index is 0.0745. The number of halogens is 1. The molecule has 1 unspecified atom stereocenters. The normalized spacial score (nSPS) is 32.1. The molecule has 1 saturated carbocycles. The molecule has 1 aliphatic carbocycles. The Morgan fingerprint density at radius 3 is 2.39 bits per heavy atom. The fraction of sp³-hybridized carbons (Fsp3) is 0.520. The summed E-state index contributed by atoms with van der Waals surface area (Å²) in [4.78, 5) is 0. The topological polar surface area (TPSA) is 109 Å². The summed E-state index contributed by atoms with van der Waals surface area (Å²) in [6.45, 7) is -0.470. The van der Waals surface area contributed by atoms with Gasteiger partial charge in [-0.1, -0.05) is 35.9 Å². The molecule has 1 aliphatic heterocycles. The monoisotopic (exact) mass is 478 g/mol. The van der Waals surface area contributed by atoms with E-state index in [-0.39, 0.29) is 12.2 Å². The summed E-state index contributed by atoms with van der Waals surface area (Å²) in [5.74, 6) is 0.800. The molecular formula is C25H31ClO7. The van der Waals surface area contributed by atoms with Gasteiger partial charge in [0.25, 0.3) is 0 Å². The first-order valence-electron chi connectivity index (χ1n) is 11.3. The van der Waals surface area contributed by atoms with E-state index in [2.05, 4.69) is 0 Å². The van der Waals surface area contributed by atoms with Crippen molar-refractivity contribution in [1.82, 2.24) is 0 Å². The van der Waals surface area contributed by atoms with Crippen molar-refractivity contribution in [3.8, 4) is 5.75 Å². The van der Waals surface area contributed by atoms with Gasteiger partial charge in [-0.25, -0.2) is 0 Å². The fourth-order valence-corrected chi connectivity index (χ4v) is 4.85. The highest BCUT2D eigenvalue weighted by Gasteiger charge is 2.44. The summed E-state index contributed by atoms with van der Waals surface area (Å²) >= 11 is 6.43. The summed E-state index contributed by atoms with van der Waals surface area (Å²) in [5, 5.41) is 40.6. The molecule has 1 heterocycles. The van der Waals surface area contributed by atoms with Gasteiger partial charge in [0.1, 0.15) is 42.4 Å². The molecule has 0 aromatic heterocycles. The van der Waals surface area contributed by atoms with Crippen molar-refractivity contribution < 1.29 is 34.6 Å². The molecule has 2 fully saturated rings. The maximum atomic E-state index is 10.4. The van der Waals surface area contributed by atoms with Crippen molar-refractivity contribution in [1.29, 1.82) is 0 Å². The van der Waals surface area contributed by atoms with E-state index >= 15 is 0 Å². The Kier molecular flexibility index (Phi) is 7.91. The van der Waals surface area contributed by atoms with Crippen molar-refractivity contribution >= 4 is 11.6 Å². The van der Waals surface area contributed by atoms with Crippen LogP contribution in [0.2, 0.25) is 5.02 Å². The molecule has 2 aliphatic rings. The van der Waals surface area contributed by atoms with Gasteiger partial charge in [-0.2, -0.15) is 0 Å². The lowest BCUT2D eigenvalue weighted by atomic mass is 9.90. The lowest BCUT2D eigenvalue weighted by Gasteiger charge is -2.40. The highest BCUT2D eigenvalue weighted by Crippen LogP contribution is 2.34. The van der Waals surface area contributed by atoms with Gasteiger partial charge in [0.15, 0.2) is 0 Å². The summed E-state index contributed by atoms with van der Waals surface area (Å²) in [6.07, 6.45) is -2.14. The van der Waals surface area contributed by atoms with Crippen LogP contribution in [0.5, 0.6) is 5.75 Å². The van der Waals surface area contributed by atoms with E-state index in [4.69, 9.17) is 25.8 Å². The SMILES string of the molecule is CO[C@H]1CCCC1Oc1ccc(Cc2cc([C@@H]3O[C@H](CO)[C@@H](O)[C@H](O)[C@H]3O)ccc2Cl)cc1. The van der Waals surface area contributed by atoms with Crippen LogP contribution in [0.4, 0.5) is 0 Å². The molecule has 0 bridgehead atoms. The van der Waals surface area contributed by atoms with Gasteiger partial charge in [-0.15, -0.1) is 0 Å². The summed E-state index contributed by atoms with van der Waals surface area (Å²) < 4.78 is 17.3. The minimum Gasteiger partial charge on any atom is -0.488 e. The van der Waals surface area contributed by atoms with Gasteiger partial charge in [0, 0.05) is 12.1 Å². The van der Waals surface area contributed by atoms with Gasteiger partial charge in [-0.05, 0) is 60.6 Å². The van der Waals surface area contributed by atoms with E-state index < -0.39 is 37.1 Å². The molecule has 4 rings (SSSR count). The molecule has 8 heteroatoms. The largest absolute Gasteiger partial charge is 0.488 e. The van der Waals surface area contributed by atoms with Gasteiger partial charge in [0.2, 0.25) is 0 Å². The molecule has 33 heavy (non-hydrogen) atoms. The molecule has 2 aromatic carbocycles.